The van der Waals surface area contributed by atoms with Gasteiger partial charge in [0, 0.05) is 24.0 Å². The van der Waals surface area contributed by atoms with Gasteiger partial charge in [-0.3, -0.25) is 4.40 Å². The third-order valence-electron chi connectivity index (χ3n) is 4.36. The van der Waals surface area contributed by atoms with Crippen molar-refractivity contribution >= 4 is 17.3 Å². The maximum atomic E-state index is 9.35. The number of nitrogens with one attached hydrogen (secondary N) is 1. The average Bonchev–Trinajstić information content (AvgIpc) is 3.22. The monoisotopic (exact) mass is 371 g/mol. The second-order valence-electron chi connectivity index (χ2n) is 5.97. The molecule has 0 aliphatic carbocycles. The van der Waals surface area contributed by atoms with Gasteiger partial charge < -0.3 is 14.8 Å². The van der Waals surface area contributed by atoms with Crippen molar-refractivity contribution < 1.29 is 9.47 Å². The van der Waals surface area contributed by atoms with Crippen molar-refractivity contribution in [2.45, 2.75) is 0 Å². The van der Waals surface area contributed by atoms with Gasteiger partial charge in [-0.1, -0.05) is 12.1 Å². The van der Waals surface area contributed by atoms with Crippen molar-refractivity contribution in [2.75, 3.05) is 19.5 Å². The van der Waals surface area contributed by atoms with Crippen LogP contribution in [0.15, 0.2) is 60.9 Å². The van der Waals surface area contributed by atoms with Crippen LogP contribution in [-0.4, -0.2) is 28.6 Å². The number of fused-ring (bicyclic) bond motifs is 1. The molecule has 4 aromatic rings. The molecule has 1 N–H and O–H groups in total. The number of methoxy groups -OCH3 is 2. The molecule has 0 aliphatic rings. The van der Waals surface area contributed by atoms with Crippen LogP contribution in [0.25, 0.3) is 16.9 Å². The van der Waals surface area contributed by atoms with Crippen LogP contribution in [0.3, 0.4) is 0 Å². The lowest BCUT2D eigenvalue weighted by molar-refractivity contribution is 0.355. The van der Waals surface area contributed by atoms with Crippen molar-refractivity contribution in [1.29, 1.82) is 5.26 Å². The van der Waals surface area contributed by atoms with E-state index in [1.807, 2.05) is 53.1 Å². The minimum atomic E-state index is 0.536. The van der Waals surface area contributed by atoms with Crippen molar-refractivity contribution in [2.24, 2.45) is 0 Å². The maximum Gasteiger partial charge on any atom is 0.213 e. The molecule has 2 aromatic carbocycles. The molecule has 138 valence electrons. The summed E-state index contributed by atoms with van der Waals surface area (Å²) < 4.78 is 12.5. The number of hydrogen-bond donors (Lipinski definition) is 1. The van der Waals surface area contributed by atoms with Crippen molar-refractivity contribution in [1.82, 2.24) is 14.4 Å². The van der Waals surface area contributed by atoms with E-state index in [1.54, 1.807) is 26.5 Å². The predicted octanol–water partition coefficient (Wildman–Crippen LogP) is 4.03. The number of para-hydroxylation sites is 1. The van der Waals surface area contributed by atoms with E-state index in [9.17, 15) is 5.26 Å². The minimum absolute atomic E-state index is 0.536. The second-order valence-corrected chi connectivity index (χ2v) is 5.97. The fourth-order valence-corrected chi connectivity index (χ4v) is 2.97. The van der Waals surface area contributed by atoms with Crippen LogP contribution in [0.1, 0.15) is 5.56 Å². The van der Waals surface area contributed by atoms with E-state index in [-0.39, 0.29) is 0 Å². The van der Waals surface area contributed by atoms with Crippen molar-refractivity contribution in [3.8, 4) is 28.8 Å². The largest absolute Gasteiger partial charge is 0.493 e. The highest BCUT2D eigenvalue weighted by Crippen LogP contribution is 2.32. The Morgan fingerprint density at radius 1 is 1.04 bits per heavy atom. The lowest BCUT2D eigenvalue weighted by Crippen LogP contribution is -2.03. The first kappa shape index (κ1) is 17.4. The summed E-state index contributed by atoms with van der Waals surface area (Å²) >= 11 is 0. The molecule has 0 spiro atoms. The Morgan fingerprint density at radius 2 is 1.86 bits per heavy atom. The maximum absolute atomic E-state index is 9.35. The molecule has 2 heterocycles. The van der Waals surface area contributed by atoms with Crippen molar-refractivity contribution in [3.63, 3.8) is 0 Å². The van der Waals surface area contributed by atoms with Crippen LogP contribution in [0.5, 0.6) is 11.5 Å². The molecule has 0 saturated heterocycles. The Bertz CT molecular complexity index is 1190. The summed E-state index contributed by atoms with van der Waals surface area (Å²) in [6.45, 7) is 0. The summed E-state index contributed by atoms with van der Waals surface area (Å²) in [4.78, 5) is 9.14. The fraction of sp³-hybridized carbons (Fsp3) is 0.0952. The van der Waals surface area contributed by atoms with Gasteiger partial charge in [0.1, 0.15) is 11.7 Å². The number of nitrogens with zero attached hydrogens (tertiary/aromatic N) is 4. The van der Waals surface area contributed by atoms with Gasteiger partial charge in [0.2, 0.25) is 5.95 Å². The van der Waals surface area contributed by atoms with Crippen LogP contribution in [0, 0.1) is 11.3 Å². The van der Waals surface area contributed by atoms with Crippen LogP contribution in [0.4, 0.5) is 11.6 Å². The topological polar surface area (TPSA) is 84.5 Å². The molecule has 7 heteroatoms. The van der Waals surface area contributed by atoms with E-state index in [2.05, 4.69) is 16.4 Å². The highest BCUT2D eigenvalue weighted by atomic mass is 16.5. The third-order valence-corrected chi connectivity index (χ3v) is 4.36. The Kier molecular flexibility index (Phi) is 4.52. The summed E-state index contributed by atoms with van der Waals surface area (Å²) in [5.41, 5.74) is 3.53. The standard InChI is InChI=1S/C21H17N5O2/c1-27-18-8-7-14(11-19(18)28-2)17-12-20-23-9-10-26(20)21(25-17)24-16-6-4-3-5-15(16)13-22/h3-12H,1-2H3,(H,24,25). The molecule has 28 heavy (non-hydrogen) atoms. The predicted molar refractivity (Wildman–Crippen MR) is 106 cm³/mol. The number of nitriles is 1. The van der Waals surface area contributed by atoms with E-state index in [0.29, 0.717) is 28.7 Å². The fourth-order valence-electron chi connectivity index (χ4n) is 2.97. The van der Waals surface area contributed by atoms with Crippen molar-refractivity contribution in [3.05, 3.63) is 66.5 Å². The van der Waals surface area contributed by atoms with E-state index >= 15 is 0 Å². The minimum Gasteiger partial charge on any atom is -0.493 e. The number of imidazole rings is 1. The van der Waals surface area contributed by atoms with Gasteiger partial charge in [0.15, 0.2) is 11.5 Å². The molecule has 0 radical (unpaired) electrons. The first-order valence-corrected chi connectivity index (χ1v) is 8.56. The van der Waals surface area contributed by atoms with E-state index in [1.165, 1.54) is 0 Å². The van der Waals surface area contributed by atoms with Gasteiger partial charge >= 0.3 is 0 Å². The Balaban J connectivity index is 1.83. The summed E-state index contributed by atoms with van der Waals surface area (Å²) in [6.07, 6.45) is 3.52. The Labute approximate surface area is 161 Å². The van der Waals surface area contributed by atoms with Gasteiger partial charge in [0.05, 0.1) is 31.2 Å². The lowest BCUT2D eigenvalue weighted by atomic mass is 10.1. The summed E-state index contributed by atoms with van der Waals surface area (Å²) in [7, 11) is 3.19. The average molecular weight is 371 g/mol. The molecule has 0 saturated carbocycles. The van der Waals surface area contributed by atoms with Gasteiger partial charge in [0.25, 0.3) is 0 Å². The summed E-state index contributed by atoms with van der Waals surface area (Å²) in [5.74, 6) is 1.83. The Morgan fingerprint density at radius 3 is 2.64 bits per heavy atom. The molecule has 4 rings (SSSR count). The summed E-state index contributed by atoms with van der Waals surface area (Å²) in [5, 5.41) is 12.6. The molecule has 0 unspecified atom stereocenters. The smallest absolute Gasteiger partial charge is 0.213 e. The van der Waals surface area contributed by atoms with Crippen LogP contribution < -0.4 is 14.8 Å². The zero-order valence-corrected chi connectivity index (χ0v) is 15.4. The third kappa shape index (κ3) is 3.08. The number of ether oxygens (including phenoxy) is 2. The number of anilines is 2. The molecule has 0 fully saturated rings. The van der Waals surface area contributed by atoms with Crippen LogP contribution >= 0.6 is 0 Å². The number of hydrogen-bond acceptors (Lipinski definition) is 6. The first-order chi connectivity index (χ1) is 13.7. The van der Waals surface area contributed by atoms with Crippen LogP contribution in [-0.2, 0) is 0 Å². The molecular weight excluding hydrogens is 354 g/mol. The number of benzene rings is 2. The van der Waals surface area contributed by atoms with E-state index in [4.69, 9.17) is 14.5 Å². The zero-order valence-electron chi connectivity index (χ0n) is 15.4. The zero-order chi connectivity index (χ0) is 19.5. The normalized spacial score (nSPS) is 10.5. The molecule has 7 nitrogen and oxygen atoms in total. The summed E-state index contributed by atoms with van der Waals surface area (Å²) in [6, 6.07) is 17.0. The number of aromatic nitrogens is 3. The molecule has 2 aromatic heterocycles. The van der Waals surface area contributed by atoms with Gasteiger partial charge in [-0.15, -0.1) is 0 Å². The molecule has 0 atom stereocenters. The van der Waals surface area contributed by atoms with Gasteiger partial charge in [-0.25, -0.2) is 9.97 Å². The molecule has 0 bridgehead atoms. The van der Waals surface area contributed by atoms with Crippen LogP contribution in [0.2, 0.25) is 0 Å². The van der Waals surface area contributed by atoms with E-state index in [0.717, 1.165) is 16.9 Å². The first-order valence-electron chi connectivity index (χ1n) is 8.56. The quantitative estimate of drug-likeness (QED) is 0.570. The van der Waals surface area contributed by atoms with E-state index < -0.39 is 0 Å². The second kappa shape index (κ2) is 7.29. The molecule has 0 amide bonds. The molecule has 0 aliphatic heterocycles. The van der Waals surface area contributed by atoms with Gasteiger partial charge in [-0.05, 0) is 30.3 Å². The highest BCUT2D eigenvalue weighted by Gasteiger charge is 2.12. The lowest BCUT2D eigenvalue weighted by Gasteiger charge is -2.13. The highest BCUT2D eigenvalue weighted by molar-refractivity contribution is 5.71. The molecular formula is C21H17N5O2. The number of rotatable bonds is 5. The Hall–Kier alpha value is -4.05. The van der Waals surface area contributed by atoms with Gasteiger partial charge in [-0.2, -0.15) is 5.26 Å². The SMILES string of the molecule is COc1ccc(-c2cc3nccn3c(Nc3ccccc3C#N)n2)cc1OC.